The van der Waals surface area contributed by atoms with Gasteiger partial charge in [0.05, 0.1) is 11.1 Å². The quantitative estimate of drug-likeness (QED) is 0.0487. The lowest BCUT2D eigenvalue weighted by atomic mass is 10.0. The summed E-state index contributed by atoms with van der Waals surface area (Å²) in [6.07, 6.45) is 0.412. The van der Waals surface area contributed by atoms with Crippen LogP contribution in [-0.4, -0.2) is 118 Å². The highest BCUT2D eigenvalue weighted by atomic mass is 32.2. The number of amides is 6. The summed E-state index contributed by atoms with van der Waals surface area (Å²) in [4.78, 5) is 131. The molecule has 3 aromatic carbocycles. The predicted molar refractivity (Wildman–Crippen MR) is 249 cm³/mol. The summed E-state index contributed by atoms with van der Waals surface area (Å²) >= 11 is 1.59. The molecule has 2 aliphatic heterocycles. The molecule has 368 valence electrons. The fraction of sp³-hybridized carbons (Fsp3) is 0.417. The third kappa shape index (κ3) is 14.8. The number of ether oxygens (including phenoxy) is 4. The third-order valence-corrected chi connectivity index (χ3v) is 12.1. The lowest BCUT2D eigenvalue weighted by molar-refractivity contribution is -0.148. The largest absolute Gasteiger partial charge is 0.423 e. The number of benzene rings is 3. The minimum absolute atomic E-state index is 0.0412. The summed E-state index contributed by atoms with van der Waals surface area (Å²) in [6.45, 7) is 9.63. The molecule has 0 aliphatic carbocycles. The number of para-hydroxylation sites is 2. The van der Waals surface area contributed by atoms with Crippen molar-refractivity contribution in [3.05, 3.63) is 83.4 Å². The maximum Gasteiger partial charge on any atom is 0.308 e. The number of nitrogens with one attached hydrogen (secondary N) is 4. The van der Waals surface area contributed by atoms with E-state index in [4.69, 9.17) is 18.9 Å². The van der Waals surface area contributed by atoms with Crippen LogP contribution < -0.4 is 40.2 Å². The first-order valence-corrected chi connectivity index (χ1v) is 23.1. The molecule has 2 heterocycles. The molecule has 0 saturated carbocycles. The number of carbonyl (C=O) groups excluding carboxylic acids is 10. The molecule has 2 aliphatic rings. The molecule has 4 N–H and O–H groups in total. The standard InChI is InChI=1S/C48H56N6O14S/c1-28(55)65-35-19-12-17-33(41(35)67-30(3)57)43(61)49-23-10-11-25-53(26-14-24-50-44(62)34-18-13-20-36(66-29(2)56)42(34)68-31(4)58)38(60)22-21-37(59)51-39(32-15-8-7-9-16-32)45(63)52-40-46(64)54-27-48(5,6)69-47(40)54/h7-9,12-13,15-20,39-40,47H,10-11,14,21-27H2,1-6H3,(H,49,61)(H,50,62)(H,51,59)(H,52,63)/t39-,40-,47+/m1/s1. The first-order valence-electron chi connectivity index (χ1n) is 22.2. The Bertz CT molecular complexity index is 2460. The molecule has 0 unspecified atom stereocenters. The first-order chi connectivity index (χ1) is 32.7. The monoisotopic (exact) mass is 972 g/mol. The van der Waals surface area contributed by atoms with Gasteiger partial charge in [0.1, 0.15) is 17.5 Å². The van der Waals surface area contributed by atoms with Crippen molar-refractivity contribution in [1.29, 1.82) is 0 Å². The Morgan fingerprint density at radius 2 is 1.20 bits per heavy atom. The summed E-state index contributed by atoms with van der Waals surface area (Å²) in [5, 5.41) is 10.8. The molecule has 2 fully saturated rings. The van der Waals surface area contributed by atoms with Gasteiger partial charge in [-0.2, -0.15) is 0 Å². The highest BCUT2D eigenvalue weighted by Crippen LogP contribution is 2.46. The molecule has 21 heteroatoms. The Morgan fingerprint density at radius 3 is 1.74 bits per heavy atom. The SMILES string of the molecule is CC(=O)Oc1cccc(C(=O)NCCCCN(CCCNC(=O)c2cccc(OC(C)=O)c2OC(C)=O)C(=O)CCC(=O)N[C@@H](C(=O)N[C@@H]2C(=O)N3CC(C)(C)S[C@@H]23)c2ccccc2)c1OC(C)=O. The Morgan fingerprint density at radius 1 is 0.681 bits per heavy atom. The van der Waals surface area contributed by atoms with Crippen LogP contribution >= 0.6 is 11.8 Å². The smallest absolute Gasteiger partial charge is 0.308 e. The van der Waals surface area contributed by atoms with Crippen LogP contribution in [0, 0.1) is 0 Å². The van der Waals surface area contributed by atoms with Crippen molar-refractivity contribution in [2.24, 2.45) is 0 Å². The summed E-state index contributed by atoms with van der Waals surface area (Å²) in [7, 11) is 0. The molecular weight excluding hydrogens is 917 g/mol. The number of nitrogens with zero attached hydrogens (tertiary/aromatic N) is 2. The Balaban J connectivity index is 1.22. The summed E-state index contributed by atoms with van der Waals surface area (Å²) in [6, 6.07) is 15.1. The minimum atomic E-state index is -1.16. The van der Waals surface area contributed by atoms with Gasteiger partial charge in [-0.15, -0.1) is 11.8 Å². The van der Waals surface area contributed by atoms with Crippen molar-refractivity contribution < 1.29 is 66.9 Å². The molecule has 5 rings (SSSR count). The van der Waals surface area contributed by atoms with E-state index in [-0.39, 0.29) is 95.6 Å². The predicted octanol–water partition coefficient (Wildman–Crippen LogP) is 3.36. The van der Waals surface area contributed by atoms with E-state index < -0.39 is 65.5 Å². The molecule has 0 bridgehead atoms. The van der Waals surface area contributed by atoms with Crippen molar-refractivity contribution in [3.8, 4) is 23.0 Å². The van der Waals surface area contributed by atoms with E-state index in [2.05, 4.69) is 21.3 Å². The van der Waals surface area contributed by atoms with Crippen molar-refractivity contribution in [1.82, 2.24) is 31.1 Å². The van der Waals surface area contributed by atoms with Gasteiger partial charge in [0, 0.05) is 78.0 Å². The molecule has 3 aromatic rings. The van der Waals surface area contributed by atoms with Crippen LogP contribution in [0.25, 0.3) is 0 Å². The summed E-state index contributed by atoms with van der Waals surface area (Å²) in [5.74, 6) is -6.63. The molecule has 69 heavy (non-hydrogen) atoms. The number of esters is 4. The second-order valence-corrected chi connectivity index (χ2v) is 18.5. The zero-order valence-corrected chi connectivity index (χ0v) is 40.0. The lowest BCUT2D eigenvalue weighted by Gasteiger charge is -2.42. The maximum atomic E-state index is 13.8. The molecule has 3 atom stereocenters. The van der Waals surface area contributed by atoms with Gasteiger partial charge < -0.3 is 50.0 Å². The van der Waals surface area contributed by atoms with Gasteiger partial charge in [-0.1, -0.05) is 42.5 Å². The third-order valence-electron chi connectivity index (χ3n) is 10.5. The fourth-order valence-electron chi connectivity index (χ4n) is 7.54. The van der Waals surface area contributed by atoms with Crippen LogP contribution in [0.3, 0.4) is 0 Å². The van der Waals surface area contributed by atoms with Gasteiger partial charge in [-0.05, 0) is 62.9 Å². The first kappa shape index (κ1) is 52.7. The van der Waals surface area contributed by atoms with Crippen LogP contribution in [0.1, 0.15) is 106 Å². The molecule has 20 nitrogen and oxygen atoms in total. The van der Waals surface area contributed by atoms with Gasteiger partial charge in [0.15, 0.2) is 23.0 Å². The molecule has 0 spiro atoms. The van der Waals surface area contributed by atoms with E-state index in [1.807, 2.05) is 13.8 Å². The summed E-state index contributed by atoms with van der Waals surface area (Å²) in [5.41, 5.74) is 0.352. The normalized spacial score (nSPS) is 15.8. The second kappa shape index (κ2) is 24.1. The highest BCUT2D eigenvalue weighted by molar-refractivity contribution is 8.01. The van der Waals surface area contributed by atoms with Crippen LogP contribution in [-0.2, 0) is 38.4 Å². The van der Waals surface area contributed by atoms with Crippen molar-refractivity contribution in [3.63, 3.8) is 0 Å². The number of rotatable bonds is 22. The number of fused-ring (bicyclic) bond motifs is 1. The molecule has 0 aromatic heterocycles. The van der Waals surface area contributed by atoms with Crippen molar-refractivity contribution >= 4 is 71.1 Å². The number of hydrogen-bond acceptors (Lipinski definition) is 15. The fourth-order valence-corrected chi connectivity index (χ4v) is 9.03. The molecule has 0 radical (unpaired) electrons. The van der Waals surface area contributed by atoms with E-state index in [0.717, 1.165) is 27.7 Å². The van der Waals surface area contributed by atoms with Gasteiger partial charge >= 0.3 is 23.9 Å². The van der Waals surface area contributed by atoms with Crippen LogP contribution in [0.15, 0.2) is 66.7 Å². The second-order valence-electron chi connectivity index (χ2n) is 16.7. The average Bonchev–Trinajstić information content (AvgIpc) is 3.58. The minimum Gasteiger partial charge on any atom is -0.423 e. The van der Waals surface area contributed by atoms with E-state index in [1.54, 1.807) is 47.0 Å². The summed E-state index contributed by atoms with van der Waals surface area (Å²) < 4.78 is 20.5. The van der Waals surface area contributed by atoms with Crippen LogP contribution in [0.4, 0.5) is 0 Å². The van der Waals surface area contributed by atoms with Crippen LogP contribution in [0.5, 0.6) is 23.0 Å². The Hall–Kier alpha value is -7.29. The van der Waals surface area contributed by atoms with E-state index in [9.17, 15) is 47.9 Å². The Kier molecular flexibility index (Phi) is 18.4. The molecule has 2 saturated heterocycles. The van der Waals surface area contributed by atoms with Gasteiger partial charge in [-0.3, -0.25) is 47.9 Å². The van der Waals surface area contributed by atoms with Crippen LogP contribution in [0.2, 0.25) is 0 Å². The highest BCUT2D eigenvalue weighted by Gasteiger charge is 2.56. The molecule has 6 amide bonds. The topological polar surface area (TPSA) is 262 Å². The van der Waals surface area contributed by atoms with Gasteiger partial charge in [0.2, 0.25) is 23.6 Å². The van der Waals surface area contributed by atoms with E-state index in [1.165, 1.54) is 41.3 Å². The van der Waals surface area contributed by atoms with Gasteiger partial charge in [-0.25, -0.2) is 0 Å². The number of unbranched alkanes of at least 4 members (excludes halogenated alkanes) is 1. The van der Waals surface area contributed by atoms with Crippen molar-refractivity contribution in [2.75, 3.05) is 32.7 Å². The Labute approximate surface area is 402 Å². The number of carbonyl (C=O) groups is 10. The van der Waals surface area contributed by atoms with E-state index in [0.29, 0.717) is 24.9 Å². The number of hydrogen-bond donors (Lipinski definition) is 4. The molecular formula is C48H56N6O14S. The zero-order valence-electron chi connectivity index (χ0n) is 39.2. The van der Waals surface area contributed by atoms with Gasteiger partial charge in [0.25, 0.3) is 11.8 Å². The number of β-lactam (4-membered cyclic amide) rings is 1. The number of thioether (sulfide) groups is 1. The lowest BCUT2D eigenvalue weighted by Crippen LogP contribution is -2.68. The average molecular weight is 973 g/mol. The zero-order chi connectivity index (χ0) is 50.4. The maximum absolute atomic E-state index is 13.8. The van der Waals surface area contributed by atoms with Crippen molar-refractivity contribution in [2.45, 2.75) is 95.9 Å². The van der Waals surface area contributed by atoms with E-state index >= 15 is 0 Å².